The van der Waals surface area contributed by atoms with Gasteiger partial charge in [-0.2, -0.15) is 0 Å². The van der Waals surface area contributed by atoms with Crippen LogP contribution in [0.5, 0.6) is 0 Å². The molecule has 1 atom stereocenters. The maximum atomic E-state index is 10.6. The summed E-state index contributed by atoms with van der Waals surface area (Å²) in [6.07, 6.45) is 1.60. The molecule has 18 heavy (non-hydrogen) atoms. The molecule has 1 unspecified atom stereocenters. The predicted octanol–water partition coefficient (Wildman–Crippen LogP) is 0.476. The molecule has 2 heterocycles. The maximum Gasteiger partial charge on any atom is 0.356 e. The number of aryl methyl sites for hydroxylation is 1. The van der Waals surface area contributed by atoms with Crippen molar-refractivity contribution < 1.29 is 9.90 Å². The fourth-order valence-corrected chi connectivity index (χ4v) is 1.49. The van der Waals surface area contributed by atoms with Crippen LogP contribution in [0.4, 0.5) is 5.82 Å². The van der Waals surface area contributed by atoms with Gasteiger partial charge in [0.25, 0.3) is 0 Å². The highest BCUT2D eigenvalue weighted by atomic mass is 16.4. The van der Waals surface area contributed by atoms with E-state index in [1.54, 1.807) is 17.0 Å². The van der Waals surface area contributed by atoms with Gasteiger partial charge in [0.05, 0.1) is 6.04 Å². The van der Waals surface area contributed by atoms with Crippen LogP contribution in [0.1, 0.15) is 29.3 Å². The van der Waals surface area contributed by atoms with Gasteiger partial charge in [0.15, 0.2) is 11.5 Å². The van der Waals surface area contributed by atoms with Gasteiger partial charge < -0.3 is 15.0 Å². The molecule has 0 aromatic carbocycles. The first kappa shape index (κ1) is 12.0. The molecular formula is C10H12N6O2. The van der Waals surface area contributed by atoms with Crippen LogP contribution in [0.25, 0.3) is 0 Å². The molecule has 2 aromatic rings. The first-order chi connectivity index (χ1) is 8.58. The molecule has 94 valence electrons. The molecule has 2 rings (SSSR count). The Hall–Kier alpha value is -2.51. The number of aromatic nitrogens is 5. The van der Waals surface area contributed by atoms with Gasteiger partial charge >= 0.3 is 5.97 Å². The number of carboxylic acids is 1. The standard InChI is InChI=1S/C10H12N6O2/c1-6(9-15-11-5-16(9)2)12-8-4-3-7(10(17)18)13-14-8/h3-6H,1-2H3,(H,12,14)(H,17,18). The summed E-state index contributed by atoms with van der Waals surface area (Å²) in [5, 5.41) is 26.9. The fraction of sp³-hybridized carbons (Fsp3) is 0.300. The largest absolute Gasteiger partial charge is 0.476 e. The average molecular weight is 248 g/mol. The number of anilines is 1. The highest BCUT2D eigenvalue weighted by Gasteiger charge is 2.12. The van der Waals surface area contributed by atoms with E-state index in [4.69, 9.17) is 5.11 Å². The van der Waals surface area contributed by atoms with Crippen molar-refractivity contribution in [3.8, 4) is 0 Å². The normalized spacial score (nSPS) is 12.1. The van der Waals surface area contributed by atoms with Crippen LogP contribution in [-0.2, 0) is 7.05 Å². The lowest BCUT2D eigenvalue weighted by atomic mass is 10.3. The lowest BCUT2D eigenvalue weighted by Crippen LogP contribution is -2.13. The van der Waals surface area contributed by atoms with Gasteiger partial charge in [-0.1, -0.05) is 0 Å². The Bertz CT molecular complexity index is 550. The molecule has 0 amide bonds. The summed E-state index contributed by atoms with van der Waals surface area (Å²) < 4.78 is 1.79. The Morgan fingerprint density at radius 3 is 2.67 bits per heavy atom. The van der Waals surface area contributed by atoms with E-state index in [0.717, 1.165) is 5.82 Å². The molecule has 8 nitrogen and oxygen atoms in total. The Kier molecular flexibility index (Phi) is 3.18. The van der Waals surface area contributed by atoms with Crippen molar-refractivity contribution in [1.29, 1.82) is 0 Å². The van der Waals surface area contributed by atoms with Crippen LogP contribution >= 0.6 is 0 Å². The summed E-state index contributed by atoms with van der Waals surface area (Å²) in [6.45, 7) is 1.90. The van der Waals surface area contributed by atoms with Gasteiger partial charge in [-0.25, -0.2) is 4.79 Å². The van der Waals surface area contributed by atoms with Crippen LogP contribution in [0.2, 0.25) is 0 Å². The van der Waals surface area contributed by atoms with Crippen LogP contribution in [0, 0.1) is 0 Å². The van der Waals surface area contributed by atoms with Crippen LogP contribution in [0.15, 0.2) is 18.5 Å². The molecule has 0 spiro atoms. The summed E-state index contributed by atoms with van der Waals surface area (Å²) in [5.41, 5.74) is -0.0909. The first-order valence-electron chi connectivity index (χ1n) is 5.25. The van der Waals surface area contributed by atoms with Crippen molar-refractivity contribution >= 4 is 11.8 Å². The zero-order chi connectivity index (χ0) is 13.1. The smallest absolute Gasteiger partial charge is 0.356 e. The third kappa shape index (κ3) is 2.42. The van der Waals surface area contributed by atoms with E-state index >= 15 is 0 Å². The molecule has 0 radical (unpaired) electrons. The molecule has 0 aliphatic heterocycles. The predicted molar refractivity (Wildman–Crippen MR) is 62.0 cm³/mol. The van der Waals surface area contributed by atoms with Gasteiger partial charge in [0.2, 0.25) is 0 Å². The molecule has 0 aliphatic carbocycles. The Balaban J connectivity index is 2.10. The SMILES string of the molecule is CC(Nc1ccc(C(=O)O)nn1)c1nncn1C. The molecule has 8 heteroatoms. The summed E-state index contributed by atoms with van der Waals surface area (Å²) in [7, 11) is 1.84. The summed E-state index contributed by atoms with van der Waals surface area (Å²) >= 11 is 0. The number of hydrogen-bond acceptors (Lipinski definition) is 6. The van der Waals surface area contributed by atoms with E-state index in [0.29, 0.717) is 5.82 Å². The second kappa shape index (κ2) is 4.78. The Morgan fingerprint density at radius 2 is 2.17 bits per heavy atom. The van der Waals surface area contributed by atoms with Gasteiger partial charge in [-0.15, -0.1) is 20.4 Å². The highest BCUT2D eigenvalue weighted by Crippen LogP contribution is 2.14. The molecule has 0 aliphatic rings. The van der Waals surface area contributed by atoms with Crippen molar-refractivity contribution in [3.63, 3.8) is 0 Å². The van der Waals surface area contributed by atoms with E-state index < -0.39 is 5.97 Å². The minimum absolute atomic E-state index is 0.0909. The molecule has 0 bridgehead atoms. The summed E-state index contributed by atoms with van der Waals surface area (Å²) in [5.74, 6) is 0.130. The topological polar surface area (TPSA) is 106 Å². The van der Waals surface area contributed by atoms with Crippen molar-refractivity contribution in [2.75, 3.05) is 5.32 Å². The van der Waals surface area contributed by atoms with Crippen molar-refractivity contribution in [2.45, 2.75) is 13.0 Å². The summed E-state index contributed by atoms with van der Waals surface area (Å²) in [4.78, 5) is 10.6. The molecular weight excluding hydrogens is 236 g/mol. The third-order valence-corrected chi connectivity index (χ3v) is 2.38. The highest BCUT2D eigenvalue weighted by molar-refractivity contribution is 5.85. The van der Waals surface area contributed by atoms with Crippen molar-refractivity contribution in [2.24, 2.45) is 7.05 Å². The lowest BCUT2D eigenvalue weighted by molar-refractivity contribution is 0.0689. The second-order valence-corrected chi connectivity index (χ2v) is 3.78. The Morgan fingerprint density at radius 1 is 1.39 bits per heavy atom. The monoisotopic (exact) mass is 248 g/mol. The van der Waals surface area contributed by atoms with E-state index in [-0.39, 0.29) is 11.7 Å². The fourth-order valence-electron chi connectivity index (χ4n) is 1.49. The number of nitrogens with one attached hydrogen (secondary N) is 1. The van der Waals surface area contributed by atoms with Gasteiger partial charge in [-0.3, -0.25) is 0 Å². The third-order valence-electron chi connectivity index (χ3n) is 2.38. The quantitative estimate of drug-likeness (QED) is 0.810. The molecule has 2 aromatic heterocycles. The average Bonchev–Trinajstić information content (AvgIpc) is 2.76. The maximum absolute atomic E-state index is 10.6. The minimum Gasteiger partial charge on any atom is -0.476 e. The van der Waals surface area contributed by atoms with Crippen molar-refractivity contribution in [1.82, 2.24) is 25.0 Å². The Labute approximate surface area is 103 Å². The molecule has 0 fully saturated rings. The zero-order valence-corrected chi connectivity index (χ0v) is 9.90. The molecule has 2 N–H and O–H groups in total. The number of carbonyl (C=O) groups is 1. The van der Waals surface area contributed by atoms with Crippen LogP contribution < -0.4 is 5.32 Å². The van der Waals surface area contributed by atoms with Crippen molar-refractivity contribution in [3.05, 3.63) is 30.0 Å². The number of aromatic carboxylic acids is 1. The van der Waals surface area contributed by atoms with E-state index in [1.165, 1.54) is 6.07 Å². The second-order valence-electron chi connectivity index (χ2n) is 3.78. The van der Waals surface area contributed by atoms with Gasteiger partial charge in [-0.05, 0) is 19.1 Å². The number of carboxylic acid groups (broad SMARTS) is 1. The van der Waals surface area contributed by atoms with E-state index in [1.807, 2.05) is 14.0 Å². The molecule has 0 saturated heterocycles. The van der Waals surface area contributed by atoms with Gasteiger partial charge in [0, 0.05) is 7.05 Å². The number of rotatable bonds is 4. The number of nitrogens with zero attached hydrogens (tertiary/aromatic N) is 5. The zero-order valence-electron chi connectivity index (χ0n) is 9.90. The van der Waals surface area contributed by atoms with Gasteiger partial charge in [0.1, 0.15) is 12.1 Å². The lowest BCUT2D eigenvalue weighted by Gasteiger charge is -2.12. The number of hydrogen-bond donors (Lipinski definition) is 2. The summed E-state index contributed by atoms with van der Waals surface area (Å²) in [6, 6.07) is 2.84. The van der Waals surface area contributed by atoms with E-state index in [9.17, 15) is 4.79 Å². The minimum atomic E-state index is -1.10. The van der Waals surface area contributed by atoms with Crippen LogP contribution in [0.3, 0.4) is 0 Å². The van der Waals surface area contributed by atoms with E-state index in [2.05, 4.69) is 25.7 Å². The van der Waals surface area contributed by atoms with Crippen LogP contribution in [-0.4, -0.2) is 36.0 Å². The molecule has 0 saturated carbocycles. The first-order valence-corrected chi connectivity index (χ1v) is 5.25.